The van der Waals surface area contributed by atoms with Gasteiger partial charge in [0.2, 0.25) is 0 Å². The second-order valence-electron chi connectivity index (χ2n) is 2.51. The van der Waals surface area contributed by atoms with Gasteiger partial charge in [-0.15, -0.1) is 6.58 Å². The van der Waals surface area contributed by atoms with Crippen LogP contribution in [-0.4, -0.2) is 17.3 Å². The third-order valence-electron chi connectivity index (χ3n) is 1.72. The van der Waals surface area contributed by atoms with Crippen molar-refractivity contribution >= 4 is 17.5 Å². The average Bonchev–Trinajstić information content (AvgIpc) is 1.94. The molecule has 0 amide bonds. The minimum absolute atomic E-state index is 0.274. The quantitative estimate of drug-likeness (QED) is 0.568. The molecule has 56 valence electrons. The normalized spacial score (nSPS) is 26.4. The zero-order valence-corrected chi connectivity index (χ0v) is 6.82. The summed E-state index contributed by atoms with van der Waals surface area (Å²) in [6.45, 7) is 3.63. The Hall–Kier alpha value is -0.240. The van der Waals surface area contributed by atoms with Gasteiger partial charge in [0.1, 0.15) is 5.78 Å². The summed E-state index contributed by atoms with van der Waals surface area (Å²) in [5, 5.41) is 0. The summed E-state index contributed by atoms with van der Waals surface area (Å²) in [5.41, 5.74) is 0. The highest BCUT2D eigenvalue weighted by Gasteiger charge is 2.20. The molecular formula is C8H12OS. The maximum atomic E-state index is 11.1. The van der Waals surface area contributed by atoms with E-state index in [1.54, 1.807) is 0 Å². The Morgan fingerprint density at radius 2 is 2.60 bits per heavy atom. The first-order valence-electron chi connectivity index (χ1n) is 3.56. The van der Waals surface area contributed by atoms with Crippen LogP contribution in [-0.2, 0) is 4.79 Å². The van der Waals surface area contributed by atoms with Gasteiger partial charge < -0.3 is 0 Å². The van der Waals surface area contributed by atoms with Crippen LogP contribution in [0.4, 0.5) is 0 Å². The number of rotatable bonds is 2. The van der Waals surface area contributed by atoms with Crippen molar-refractivity contribution in [2.24, 2.45) is 5.92 Å². The zero-order chi connectivity index (χ0) is 7.40. The molecule has 10 heavy (non-hydrogen) atoms. The summed E-state index contributed by atoms with van der Waals surface area (Å²) in [4.78, 5) is 11.1. The van der Waals surface area contributed by atoms with E-state index < -0.39 is 0 Å². The van der Waals surface area contributed by atoms with Gasteiger partial charge in [0, 0.05) is 23.8 Å². The number of carbonyl (C=O) groups excluding carboxylic acids is 1. The fourth-order valence-corrected chi connectivity index (χ4v) is 2.21. The van der Waals surface area contributed by atoms with E-state index >= 15 is 0 Å². The number of hydrogen-bond acceptors (Lipinski definition) is 2. The molecule has 0 bridgehead atoms. The molecule has 0 aliphatic carbocycles. The Kier molecular flexibility index (Phi) is 3.00. The molecule has 1 atom stereocenters. The summed E-state index contributed by atoms with van der Waals surface area (Å²) >= 11 is 1.88. The lowest BCUT2D eigenvalue weighted by Gasteiger charge is -2.17. The summed E-state index contributed by atoms with van der Waals surface area (Å²) < 4.78 is 0. The molecule has 2 heteroatoms. The molecule has 0 saturated carbocycles. The maximum absolute atomic E-state index is 11.1. The van der Waals surface area contributed by atoms with Crippen molar-refractivity contribution in [3.05, 3.63) is 12.7 Å². The Morgan fingerprint density at radius 3 is 3.20 bits per heavy atom. The van der Waals surface area contributed by atoms with Crippen LogP contribution in [0.2, 0.25) is 0 Å². The lowest BCUT2D eigenvalue weighted by molar-refractivity contribution is -0.121. The first kappa shape index (κ1) is 7.86. The summed E-state index contributed by atoms with van der Waals surface area (Å²) in [6.07, 6.45) is 3.48. The third kappa shape index (κ3) is 1.87. The lowest BCUT2D eigenvalue weighted by atomic mass is 10.0. The second-order valence-corrected chi connectivity index (χ2v) is 3.66. The highest BCUT2D eigenvalue weighted by Crippen LogP contribution is 2.22. The van der Waals surface area contributed by atoms with E-state index in [4.69, 9.17) is 0 Å². The topological polar surface area (TPSA) is 17.1 Å². The van der Waals surface area contributed by atoms with Crippen molar-refractivity contribution in [3.8, 4) is 0 Å². The van der Waals surface area contributed by atoms with Gasteiger partial charge in [-0.1, -0.05) is 6.08 Å². The first-order valence-corrected chi connectivity index (χ1v) is 4.71. The highest BCUT2D eigenvalue weighted by molar-refractivity contribution is 7.99. The van der Waals surface area contributed by atoms with Gasteiger partial charge in [0.15, 0.2) is 0 Å². The molecule has 1 unspecified atom stereocenters. The van der Waals surface area contributed by atoms with E-state index in [0.717, 1.165) is 24.3 Å². The van der Waals surface area contributed by atoms with Crippen LogP contribution in [0.15, 0.2) is 12.7 Å². The van der Waals surface area contributed by atoms with Gasteiger partial charge in [-0.3, -0.25) is 4.79 Å². The number of allylic oxidation sites excluding steroid dienone is 1. The standard InChI is InChI=1S/C8H12OS/c1-2-3-7-6-10-5-4-8(7)9/h2,7H,1,3-6H2. The third-order valence-corrected chi connectivity index (χ3v) is 2.85. The van der Waals surface area contributed by atoms with Gasteiger partial charge in [0.25, 0.3) is 0 Å². The van der Waals surface area contributed by atoms with Gasteiger partial charge in [-0.25, -0.2) is 0 Å². The smallest absolute Gasteiger partial charge is 0.137 e. The number of carbonyl (C=O) groups is 1. The van der Waals surface area contributed by atoms with E-state index in [1.165, 1.54) is 0 Å². The zero-order valence-electron chi connectivity index (χ0n) is 6.01. The van der Waals surface area contributed by atoms with E-state index in [9.17, 15) is 4.79 Å². The van der Waals surface area contributed by atoms with Crippen LogP contribution in [0.5, 0.6) is 0 Å². The molecule has 1 nitrogen and oxygen atoms in total. The van der Waals surface area contributed by atoms with Crippen LogP contribution in [0.1, 0.15) is 12.8 Å². The molecule has 0 aromatic rings. The van der Waals surface area contributed by atoms with Gasteiger partial charge in [0.05, 0.1) is 0 Å². The Labute approximate surface area is 65.9 Å². The van der Waals surface area contributed by atoms with Gasteiger partial charge in [-0.05, 0) is 6.42 Å². The average molecular weight is 156 g/mol. The monoisotopic (exact) mass is 156 g/mol. The van der Waals surface area contributed by atoms with Crippen molar-refractivity contribution < 1.29 is 4.79 Å². The Balaban J connectivity index is 2.39. The number of thioether (sulfide) groups is 1. The molecule has 1 fully saturated rings. The first-order chi connectivity index (χ1) is 4.84. The fourth-order valence-electron chi connectivity index (χ4n) is 1.10. The van der Waals surface area contributed by atoms with Crippen molar-refractivity contribution in [1.82, 2.24) is 0 Å². The molecule has 1 aliphatic heterocycles. The molecule has 0 spiro atoms. The summed E-state index contributed by atoms with van der Waals surface area (Å²) in [5.74, 6) is 2.73. The van der Waals surface area contributed by atoms with Crippen LogP contribution >= 0.6 is 11.8 Å². The van der Waals surface area contributed by atoms with Crippen molar-refractivity contribution in [1.29, 1.82) is 0 Å². The molecule has 0 N–H and O–H groups in total. The number of ketones is 1. The van der Waals surface area contributed by atoms with Gasteiger partial charge >= 0.3 is 0 Å². The van der Waals surface area contributed by atoms with Crippen LogP contribution in [0.3, 0.4) is 0 Å². The van der Waals surface area contributed by atoms with Crippen molar-refractivity contribution in [2.75, 3.05) is 11.5 Å². The van der Waals surface area contributed by atoms with Crippen LogP contribution in [0, 0.1) is 5.92 Å². The molecule has 0 aromatic carbocycles. The predicted octanol–water partition coefficient (Wildman–Crippen LogP) is 1.88. The van der Waals surface area contributed by atoms with E-state index in [0.29, 0.717) is 5.78 Å². The van der Waals surface area contributed by atoms with E-state index in [2.05, 4.69) is 6.58 Å². The second kappa shape index (κ2) is 3.81. The molecule has 1 heterocycles. The number of Topliss-reactive ketones (excluding diaryl/α,β-unsaturated/α-hetero) is 1. The largest absolute Gasteiger partial charge is 0.299 e. The lowest BCUT2D eigenvalue weighted by Crippen LogP contribution is -2.21. The van der Waals surface area contributed by atoms with E-state index in [-0.39, 0.29) is 5.92 Å². The highest BCUT2D eigenvalue weighted by atomic mass is 32.2. The maximum Gasteiger partial charge on any atom is 0.137 e. The van der Waals surface area contributed by atoms with E-state index in [1.807, 2.05) is 17.8 Å². The van der Waals surface area contributed by atoms with Gasteiger partial charge in [-0.2, -0.15) is 11.8 Å². The minimum Gasteiger partial charge on any atom is -0.299 e. The fraction of sp³-hybridized carbons (Fsp3) is 0.625. The predicted molar refractivity (Wildman–Crippen MR) is 45.3 cm³/mol. The Bertz CT molecular complexity index is 142. The van der Waals surface area contributed by atoms with Crippen molar-refractivity contribution in [2.45, 2.75) is 12.8 Å². The SMILES string of the molecule is C=CCC1CSCCC1=O. The molecule has 0 aromatic heterocycles. The molecule has 1 aliphatic rings. The van der Waals surface area contributed by atoms with Crippen molar-refractivity contribution in [3.63, 3.8) is 0 Å². The Morgan fingerprint density at radius 1 is 1.80 bits per heavy atom. The summed E-state index contributed by atoms with van der Waals surface area (Å²) in [7, 11) is 0. The van der Waals surface area contributed by atoms with Crippen LogP contribution < -0.4 is 0 Å². The molecule has 1 rings (SSSR count). The van der Waals surface area contributed by atoms with Crippen LogP contribution in [0.25, 0.3) is 0 Å². The molecular weight excluding hydrogens is 144 g/mol. The summed E-state index contributed by atoms with van der Waals surface area (Å²) in [6, 6.07) is 0. The molecule has 1 saturated heterocycles. The minimum atomic E-state index is 0.274. The number of hydrogen-bond donors (Lipinski definition) is 0. The molecule has 0 radical (unpaired) electrons.